The molecule has 2 amide bonds. The second-order valence-corrected chi connectivity index (χ2v) is 5.32. The van der Waals surface area contributed by atoms with Crippen LogP contribution in [0.3, 0.4) is 0 Å². The van der Waals surface area contributed by atoms with E-state index in [0.29, 0.717) is 24.4 Å². The Morgan fingerprint density at radius 1 is 1.22 bits per heavy atom. The summed E-state index contributed by atoms with van der Waals surface area (Å²) in [5, 5.41) is 5.54. The maximum atomic E-state index is 13.1. The van der Waals surface area contributed by atoms with Gasteiger partial charge in [-0.25, -0.2) is 9.18 Å². The smallest absolute Gasteiger partial charge is 0.319 e. The van der Waals surface area contributed by atoms with Crippen molar-refractivity contribution in [1.82, 2.24) is 5.32 Å². The zero-order chi connectivity index (χ0) is 16.7. The second-order valence-electron chi connectivity index (χ2n) is 5.32. The van der Waals surface area contributed by atoms with Crippen LogP contribution in [0.5, 0.6) is 5.75 Å². The van der Waals surface area contributed by atoms with Crippen LogP contribution < -0.4 is 15.4 Å². The highest BCUT2D eigenvalue weighted by molar-refractivity contribution is 5.90. The Morgan fingerprint density at radius 3 is 2.78 bits per heavy atom. The normalized spacial score (nSPS) is 10.2. The molecule has 0 aliphatic carbocycles. The molecule has 0 heterocycles. The van der Waals surface area contributed by atoms with Crippen molar-refractivity contribution in [2.75, 3.05) is 19.0 Å². The average molecular weight is 316 g/mol. The summed E-state index contributed by atoms with van der Waals surface area (Å²) in [6, 6.07) is 11.8. The summed E-state index contributed by atoms with van der Waals surface area (Å²) in [6.07, 6.45) is 1.45. The maximum absolute atomic E-state index is 13.1. The molecule has 0 aromatic heterocycles. The number of amides is 2. The summed E-state index contributed by atoms with van der Waals surface area (Å²) < 4.78 is 18.3. The van der Waals surface area contributed by atoms with E-state index >= 15 is 0 Å². The summed E-state index contributed by atoms with van der Waals surface area (Å²) in [5.41, 5.74) is 2.61. The van der Waals surface area contributed by atoms with Gasteiger partial charge in [0.2, 0.25) is 0 Å². The number of carbonyl (C=O) groups is 1. The van der Waals surface area contributed by atoms with Gasteiger partial charge in [-0.2, -0.15) is 0 Å². The molecule has 0 saturated heterocycles. The van der Waals surface area contributed by atoms with Crippen molar-refractivity contribution in [2.24, 2.45) is 0 Å². The number of halogens is 1. The molecule has 122 valence electrons. The van der Waals surface area contributed by atoms with Gasteiger partial charge >= 0.3 is 6.03 Å². The lowest BCUT2D eigenvalue weighted by Gasteiger charge is -2.12. The molecule has 0 bridgehead atoms. The second kappa shape index (κ2) is 8.17. The zero-order valence-corrected chi connectivity index (χ0v) is 13.4. The minimum Gasteiger partial charge on any atom is -0.495 e. The zero-order valence-electron chi connectivity index (χ0n) is 13.4. The first-order valence-electron chi connectivity index (χ1n) is 7.52. The number of hydrogen-bond donors (Lipinski definition) is 2. The van der Waals surface area contributed by atoms with E-state index in [-0.39, 0.29) is 11.8 Å². The molecule has 0 saturated carbocycles. The van der Waals surface area contributed by atoms with Crippen LogP contribution in [-0.2, 0) is 6.42 Å². The Morgan fingerprint density at radius 2 is 2.04 bits per heavy atom. The molecule has 2 rings (SSSR count). The molecular weight excluding hydrogens is 295 g/mol. The average Bonchev–Trinajstić information content (AvgIpc) is 2.53. The summed E-state index contributed by atoms with van der Waals surface area (Å²) in [7, 11) is 1.57. The number of ether oxygens (including phenoxy) is 1. The van der Waals surface area contributed by atoms with E-state index < -0.39 is 0 Å². The number of hydrogen-bond acceptors (Lipinski definition) is 2. The number of anilines is 1. The van der Waals surface area contributed by atoms with Crippen LogP contribution in [0.1, 0.15) is 17.5 Å². The fraction of sp³-hybridized carbons (Fsp3) is 0.278. The molecule has 5 heteroatoms. The van der Waals surface area contributed by atoms with Crippen LogP contribution in [0.2, 0.25) is 0 Å². The van der Waals surface area contributed by atoms with Crippen LogP contribution in [0.4, 0.5) is 14.9 Å². The quantitative estimate of drug-likeness (QED) is 0.794. The summed E-state index contributed by atoms with van der Waals surface area (Å²) in [5.74, 6) is 0.388. The van der Waals surface area contributed by atoms with E-state index in [4.69, 9.17) is 4.74 Å². The maximum Gasteiger partial charge on any atom is 0.319 e. The molecule has 0 fully saturated rings. The lowest BCUT2D eigenvalue weighted by Crippen LogP contribution is -2.29. The van der Waals surface area contributed by atoms with Crippen LogP contribution in [0, 0.1) is 12.7 Å². The Balaban J connectivity index is 1.77. The van der Waals surface area contributed by atoms with Crippen LogP contribution >= 0.6 is 0 Å². The molecule has 2 aromatic carbocycles. The third kappa shape index (κ3) is 5.29. The molecule has 2 aromatic rings. The van der Waals surface area contributed by atoms with Crippen LogP contribution in [0.25, 0.3) is 0 Å². The topological polar surface area (TPSA) is 50.4 Å². The number of nitrogens with one attached hydrogen (secondary N) is 2. The van der Waals surface area contributed by atoms with E-state index in [0.717, 1.165) is 17.5 Å². The number of aryl methyl sites for hydroxylation is 2. The van der Waals surface area contributed by atoms with Crippen LogP contribution in [0.15, 0.2) is 42.5 Å². The van der Waals surface area contributed by atoms with Gasteiger partial charge in [0.25, 0.3) is 0 Å². The van der Waals surface area contributed by atoms with E-state index in [1.165, 1.54) is 12.1 Å². The molecule has 2 N–H and O–H groups in total. The summed E-state index contributed by atoms with van der Waals surface area (Å²) >= 11 is 0. The van der Waals surface area contributed by atoms with Gasteiger partial charge in [-0.05, 0) is 55.2 Å². The lowest BCUT2D eigenvalue weighted by atomic mass is 10.1. The van der Waals surface area contributed by atoms with Gasteiger partial charge in [-0.1, -0.05) is 18.2 Å². The highest BCUT2D eigenvalue weighted by Crippen LogP contribution is 2.24. The first-order chi connectivity index (χ1) is 11.1. The van der Waals surface area contributed by atoms with Gasteiger partial charge in [0.05, 0.1) is 12.8 Å². The fourth-order valence-corrected chi connectivity index (χ4v) is 2.26. The predicted molar refractivity (Wildman–Crippen MR) is 89.5 cm³/mol. The SMILES string of the molecule is COc1cc(C)ccc1NC(=O)NCCCc1cccc(F)c1. The van der Waals surface area contributed by atoms with E-state index in [9.17, 15) is 9.18 Å². The van der Waals surface area contributed by atoms with Crippen molar-refractivity contribution < 1.29 is 13.9 Å². The molecular formula is C18H21FN2O2. The fourth-order valence-electron chi connectivity index (χ4n) is 2.26. The van der Waals surface area contributed by atoms with Crippen molar-refractivity contribution in [1.29, 1.82) is 0 Å². The minimum atomic E-state index is -0.286. The van der Waals surface area contributed by atoms with Gasteiger partial charge in [0.1, 0.15) is 11.6 Å². The van der Waals surface area contributed by atoms with E-state index in [1.807, 2.05) is 25.1 Å². The predicted octanol–water partition coefficient (Wildman–Crippen LogP) is 3.90. The molecule has 0 atom stereocenters. The van der Waals surface area contributed by atoms with Crippen molar-refractivity contribution in [3.63, 3.8) is 0 Å². The van der Waals surface area contributed by atoms with Crippen molar-refractivity contribution in [3.05, 3.63) is 59.4 Å². The molecule has 0 radical (unpaired) electrons. The molecule has 0 spiro atoms. The largest absolute Gasteiger partial charge is 0.495 e. The lowest BCUT2D eigenvalue weighted by molar-refractivity contribution is 0.252. The van der Waals surface area contributed by atoms with Gasteiger partial charge in [0, 0.05) is 6.54 Å². The standard InChI is InChI=1S/C18H21FN2O2/c1-13-8-9-16(17(11-13)23-2)21-18(22)20-10-4-6-14-5-3-7-15(19)12-14/h3,5,7-9,11-12H,4,6,10H2,1-2H3,(H2,20,21,22). The Kier molecular flexibility index (Phi) is 5.97. The van der Waals surface area contributed by atoms with E-state index in [2.05, 4.69) is 10.6 Å². The van der Waals surface area contributed by atoms with E-state index in [1.54, 1.807) is 19.2 Å². The highest BCUT2D eigenvalue weighted by atomic mass is 19.1. The third-order valence-electron chi connectivity index (χ3n) is 3.42. The van der Waals surface area contributed by atoms with Crippen molar-refractivity contribution in [2.45, 2.75) is 19.8 Å². The number of methoxy groups -OCH3 is 1. The highest BCUT2D eigenvalue weighted by Gasteiger charge is 2.07. The third-order valence-corrected chi connectivity index (χ3v) is 3.42. The molecule has 23 heavy (non-hydrogen) atoms. The number of urea groups is 1. The van der Waals surface area contributed by atoms with Gasteiger partial charge < -0.3 is 15.4 Å². The Hall–Kier alpha value is -2.56. The van der Waals surface area contributed by atoms with Gasteiger partial charge in [-0.15, -0.1) is 0 Å². The number of benzene rings is 2. The summed E-state index contributed by atoms with van der Waals surface area (Å²) in [4.78, 5) is 11.9. The minimum absolute atomic E-state index is 0.236. The summed E-state index contributed by atoms with van der Waals surface area (Å²) in [6.45, 7) is 2.47. The molecule has 0 unspecified atom stereocenters. The molecule has 4 nitrogen and oxygen atoms in total. The number of rotatable bonds is 6. The number of carbonyl (C=O) groups excluding carboxylic acids is 1. The molecule has 0 aliphatic heterocycles. The van der Waals surface area contributed by atoms with Crippen LogP contribution in [-0.4, -0.2) is 19.7 Å². The Labute approximate surface area is 135 Å². The van der Waals surface area contributed by atoms with Crippen molar-refractivity contribution in [3.8, 4) is 5.75 Å². The van der Waals surface area contributed by atoms with Gasteiger partial charge in [0.15, 0.2) is 0 Å². The Bertz CT molecular complexity index is 674. The first-order valence-corrected chi connectivity index (χ1v) is 7.52. The van der Waals surface area contributed by atoms with Gasteiger partial charge in [-0.3, -0.25) is 0 Å². The van der Waals surface area contributed by atoms with Crippen molar-refractivity contribution >= 4 is 11.7 Å². The molecule has 0 aliphatic rings. The first kappa shape index (κ1) is 16.8. The monoisotopic (exact) mass is 316 g/mol.